The van der Waals surface area contributed by atoms with Crippen molar-refractivity contribution in [1.82, 2.24) is 10.3 Å². The molecule has 0 aliphatic carbocycles. The van der Waals surface area contributed by atoms with Crippen molar-refractivity contribution < 1.29 is 4.74 Å². The van der Waals surface area contributed by atoms with Crippen LogP contribution in [0.3, 0.4) is 0 Å². The van der Waals surface area contributed by atoms with Gasteiger partial charge in [-0.3, -0.25) is 0 Å². The third-order valence-corrected chi connectivity index (χ3v) is 4.03. The molecule has 1 saturated heterocycles. The summed E-state index contributed by atoms with van der Waals surface area (Å²) in [5.41, 5.74) is 0. The Labute approximate surface area is 101 Å². The highest BCUT2D eigenvalue weighted by molar-refractivity contribution is 7.11. The van der Waals surface area contributed by atoms with Crippen LogP contribution in [-0.2, 0) is 11.3 Å². The van der Waals surface area contributed by atoms with Gasteiger partial charge < -0.3 is 10.1 Å². The minimum absolute atomic E-state index is 0.638. The molecule has 0 amide bonds. The van der Waals surface area contributed by atoms with Gasteiger partial charge in [0.05, 0.1) is 5.01 Å². The Kier molecular flexibility index (Phi) is 4.75. The van der Waals surface area contributed by atoms with Crippen molar-refractivity contribution in [2.75, 3.05) is 19.8 Å². The van der Waals surface area contributed by atoms with E-state index in [0.29, 0.717) is 5.92 Å². The first-order valence-electron chi connectivity index (χ1n) is 6.13. The van der Waals surface area contributed by atoms with Gasteiger partial charge in [0.25, 0.3) is 0 Å². The Morgan fingerprint density at radius 3 is 3.06 bits per heavy atom. The highest BCUT2D eigenvalue weighted by Gasteiger charge is 2.18. The molecule has 16 heavy (non-hydrogen) atoms. The average molecular weight is 240 g/mol. The van der Waals surface area contributed by atoms with Crippen molar-refractivity contribution in [3.8, 4) is 0 Å². The number of nitrogens with zero attached hydrogens (tertiary/aromatic N) is 1. The zero-order valence-electron chi connectivity index (χ0n) is 9.87. The van der Waals surface area contributed by atoms with E-state index < -0.39 is 0 Å². The molecule has 0 aromatic carbocycles. The van der Waals surface area contributed by atoms with E-state index in [1.54, 1.807) is 0 Å². The van der Waals surface area contributed by atoms with E-state index in [2.05, 4.69) is 17.2 Å². The molecule has 0 spiro atoms. The quantitative estimate of drug-likeness (QED) is 0.803. The van der Waals surface area contributed by atoms with Crippen molar-refractivity contribution >= 4 is 11.3 Å². The maximum Gasteiger partial charge on any atom is 0.0960 e. The van der Waals surface area contributed by atoms with Gasteiger partial charge in [0.15, 0.2) is 0 Å². The fraction of sp³-hybridized carbons (Fsp3) is 0.750. The molecule has 1 aliphatic rings. The second-order valence-corrected chi connectivity index (χ2v) is 5.38. The van der Waals surface area contributed by atoms with E-state index in [-0.39, 0.29) is 0 Å². The molecule has 2 heterocycles. The van der Waals surface area contributed by atoms with Gasteiger partial charge in [0, 0.05) is 36.8 Å². The lowest BCUT2D eigenvalue weighted by atomic mass is 10.0. The Morgan fingerprint density at radius 1 is 1.50 bits per heavy atom. The first kappa shape index (κ1) is 12.0. The maximum atomic E-state index is 5.37. The lowest BCUT2D eigenvalue weighted by molar-refractivity contribution is 0.0853. The minimum Gasteiger partial charge on any atom is -0.381 e. The predicted molar refractivity (Wildman–Crippen MR) is 66.9 cm³/mol. The lowest BCUT2D eigenvalue weighted by Gasteiger charge is -2.19. The minimum atomic E-state index is 0.638. The Bertz CT molecular complexity index is 308. The molecule has 1 aliphatic heterocycles. The average Bonchev–Trinajstić information content (AvgIpc) is 2.79. The van der Waals surface area contributed by atoms with E-state index in [9.17, 15) is 0 Å². The van der Waals surface area contributed by atoms with Gasteiger partial charge in [-0.15, -0.1) is 11.3 Å². The third-order valence-electron chi connectivity index (χ3n) is 2.87. The largest absolute Gasteiger partial charge is 0.381 e. The SMILES string of the molecule is CCCNCc1cnc(C2CCOCC2)s1. The van der Waals surface area contributed by atoms with Crippen molar-refractivity contribution in [3.05, 3.63) is 16.1 Å². The predicted octanol–water partition coefficient (Wildman–Crippen LogP) is 2.54. The van der Waals surface area contributed by atoms with E-state index in [4.69, 9.17) is 4.74 Å². The lowest BCUT2D eigenvalue weighted by Crippen LogP contribution is -2.13. The van der Waals surface area contributed by atoms with Crippen molar-refractivity contribution in [2.24, 2.45) is 0 Å². The molecule has 90 valence electrons. The number of hydrogen-bond donors (Lipinski definition) is 1. The summed E-state index contributed by atoms with van der Waals surface area (Å²) in [7, 11) is 0. The number of thiazole rings is 1. The van der Waals surface area contributed by atoms with Crippen LogP contribution in [0.2, 0.25) is 0 Å². The highest BCUT2D eigenvalue weighted by Crippen LogP contribution is 2.29. The van der Waals surface area contributed by atoms with Crippen LogP contribution >= 0.6 is 11.3 Å². The van der Waals surface area contributed by atoms with Crippen LogP contribution in [0.5, 0.6) is 0 Å². The Morgan fingerprint density at radius 2 is 2.31 bits per heavy atom. The van der Waals surface area contributed by atoms with Crippen molar-refractivity contribution in [1.29, 1.82) is 0 Å². The molecule has 1 aromatic heterocycles. The van der Waals surface area contributed by atoms with Gasteiger partial charge in [-0.05, 0) is 25.8 Å². The summed E-state index contributed by atoms with van der Waals surface area (Å²) < 4.78 is 5.37. The summed E-state index contributed by atoms with van der Waals surface area (Å²) >= 11 is 1.86. The van der Waals surface area contributed by atoms with Gasteiger partial charge >= 0.3 is 0 Å². The standard InChI is InChI=1S/C12H20N2OS/c1-2-5-13-8-11-9-14-12(16-11)10-3-6-15-7-4-10/h9-10,13H,2-8H2,1H3. The summed E-state index contributed by atoms with van der Waals surface area (Å²) in [6.07, 6.45) is 5.48. The summed E-state index contributed by atoms with van der Waals surface area (Å²) in [5.74, 6) is 0.638. The van der Waals surface area contributed by atoms with Crippen LogP contribution in [0.4, 0.5) is 0 Å². The molecule has 1 N–H and O–H groups in total. The zero-order chi connectivity index (χ0) is 11.2. The van der Waals surface area contributed by atoms with Gasteiger partial charge in [-0.2, -0.15) is 0 Å². The van der Waals surface area contributed by atoms with E-state index in [1.165, 1.54) is 16.3 Å². The Balaban J connectivity index is 1.85. The fourth-order valence-electron chi connectivity index (χ4n) is 1.93. The van der Waals surface area contributed by atoms with Crippen LogP contribution in [0.25, 0.3) is 0 Å². The number of nitrogens with one attached hydrogen (secondary N) is 1. The number of aromatic nitrogens is 1. The number of ether oxygens (including phenoxy) is 1. The molecular formula is C12H20N2OS. The fourth-order valence-corrected chi connectivity index (χ4v) is 2.98. The second kappa shape index (κ2) is 6.33. The molecule has 0 bridgehead atoms. The molecule has 0 saturated carbocycles. The molecule has 3 nitrogen and oxygen atoms in total. The molecule has 0 radical (unpaired) electrons. The van der Waals surface area contributed by atoms with Gasteiger partial charge in [0.2, 0.25) is 0 Å². The first-order valence-corrected chi connectivity index (χ1v) is 6.95. The van der Waals surface area contributed by atoms with Gasteiger partial charge in [0.1, 0.15) is 0 Å². The van der Waals surface area contributed by atoms with E-state index >= 15 is 0 Å². The molecular weight excluding hydrogens is 220 g/mol. The summed E-state index contributed by atoms with van der Waals surface area (Å²) in [6.45, 7) is 6.04. The van der Waals surface area contributed by atoms with Crippen LogP contribution in [0.15, 0.2) is 6.20 Å². The number of hydrogen-bond acceptors (Lipinski definition) is 4. The number of rotatable bonds is 5. The third kappa shape index (κ3) is 3.27. The van der Waals surface area contributed by atoms with E-state index in [1.807, 2.05) is 17.5 Å². The summed E-state index contributed by atoms with van der Waals surface area (Å²) in [6, 6.07) is 0. The molecule has 1 fully saturated rings. The zero-order valence-corrected chi connectivity index (χ0v) is 10.7. The van der Waals surface area contributed by atoms with Crippen molar-refractivity contribution in [2.45, 2.75) is 38.6 Å². The van der Waals surface area contributed by atoms with Crippen LogP contribution in [0, 0.1) is 0 Å². The molecule has 2 rings (SSSR count). The summed E-state index contributed by atoms with van der Waals surface area (Å²) in [5, 5.41) is 4.72. The van der Waals surface area contributed by atoms with Crippen LogP contribution in [-0.4, -0.2) is 24.7 Å². The second-order valence-electron chi connectivity index (χ2n) is 4.23. The van der Waals surface area contributed by atoms with Gasteiger partial charge in [-0.25, -0.2) is 4.98 Å². The topological polar surface area (TPSA) is 34.2 Å². The van der Waals surface area contributed by atoms with Gasteiger partial charge in [-0.1, -0.05) is 6.92 Å². The highest BCUT2D eigenvalue weighted by atomic mass is 32.1. The van der Waals surface area contributed by atoms with Crippen LogP contribution < -0.4 is 5.32 Å². The molecule has 0 unspecified atom stereocenters. The maximum absolute atomic E-state index is 5.37. The van der Waals surface area contributed by atoms with Crippen LogP contribution in [0.1, 0.15) is 42.0 Å². The van der Waals surface area contributed by atoms with E-state index in [0.717, 1.165) is 39.1 Å². The summed E-state index contributed by atoms with van der Waals surface area (Å²) in [4.78, 5) is 5.90. The first-order chi connectivity index (χ1) is 7.90. The monoisotopic (exact) mass is 240 g/mol. The normalized spacial score (nSPS) is 17.8. The smallest absolute Gasteiger partial charge is 0.0960 e. The van der Waals surface area contributed by atoms with Crippen molar-refractivity contribution in [3.63, 3.8) is 0 Å². The Hall–Kier alpha value is -0.450. The molecule has 1 aromatic rings. The molecule has 0 atom stereocenters. The molecule has 4 heteroatoms.